The second kappa shape index (κ2) is 58.1. The van der Waals surface area contributed by atoms with Crippen molar-refractivity contribution in [2.75, 3.05) is 39.6 Å². The largest absolute Gasteiger partial charge is 0.647 e. The summed E-state index contributed by atoms with van der Waals surface area (Å²) in [5.74, 6) is -1.06. The van der Waals surface area contributed by atoms with E-state index >= 15 is 4.57 Å². The number of hydrogen-bond acceptors (Lipinski definition) is 16. The molecule has 101 heavy (non-hydrogen) atoms. The number of esters is 6. The van der Waals surface area contributed by atoms with E-state index in [1.165, 1.54) is 36.5 Å². The standard InChI is InChI=1S/C84H123O16P/c1-7-79(85)92-61-43-31-19-13-25-37-49-70-55-58-76(73(67-70)52-40-28-16-22-34-46-64-95-82(88)10-4)98-101(91,99-77-59-56-71(50-38-26-14-20-32-44-62-93-80(86)8-2)68-74(77)53-41-29-17-23-35-47-65-96-83(89)11-5)100-78-60-57-72(51-39-27-15-21-33-45-63-94-81(87)9-3)69-75(78)54-42-30-18-24-36-48-66-97-84(90)12-6/h7-12,55-60,67-69H,1-6,13-54,61-66H2. The molecule has 17 heteroatoms. The van der Waals surface area contributed by atoms with Gasteiger partial charge in [0.1, 0.15) is 17.2 Å². The maximum atomic E-state index is 16.4. The van der Waals surface area contributed by atoms with Gasteiger partial charge in [-0.15, -0.1) is 0 Å². The van der Waals surface area contributed by atoms with Crippen LogP contribution in [0.15, 0.2) is 131 Å². The van der Waals surface area contributed by atoms with Gasteiger partial charge in [-0.1, -0.05) is 230 Å². The molecule has 0 unspecified atom stereocenters. The molecule has 0 aromatic heterocycles. The quantitative estimate of drug-likeness (QED) is 0.0170. The van der Waals surface area contributed by atoms with Crippen molar-refractivity contribution >= 4 is 43.6 Å². The van der Waals surface area contributed by atoms with Crippen LogP contribution in [0.3, 0.4) is 0 Å². The molecule has 0 radical (unpaired) electrons. The monoisotopic (exact) mass is 1420 g/mol. The van der Waals surface area contributed by atoms with Crippen molar-refractivity contribution in [1.29, 1.82) is 0 Å². The number of carbonyl (C=O) groups is 6. The predicted molar refractivity (Wildman–Crippen MR) is 404 cm³/mol. The van der Waals surface area contributed by atoms with E-state index in [2.05, 4.69) is 75.9 Å². The highest BCUT2D eigenvalue weighted by atomic mass is 31.2. The molecular formula is C84H123O16P. The van der Waals surface area contributed by atoms with Crippen LogP contribution in [-0.2, 0) is 100 Å². The zero-order chi connectivity index (χ0) is 73.1. The Balaban J connectivity index is 2.07. The van der Waals surface area contributed by atoms with Crippen molar-refractivity contribution in [2.24, 2.45) is 0 Å². The van der Waals surface area contributed by atoms with Gasteiger partial charge >= 0.3 is 43.6 Å². The normalized spacial score (nSPS) is 11.0. The zero-order valence-electron chi connectivity index (χ0n) is 61.3. The van der Waals surface area contributed by atoms with Gasteiger partial charge in [0, 0.05) is 36.5 Å². The topological polar surface area (TPSA) is 203 Å². The van der Waals surface area contributed by atoms with E-state index in [1.54, 1.807) is 0 Å². The van der Waals surface area contributed by atoms with E-state index in [1.807, 2.05) is 18.2 Å². The van der Waals surface area contributed by atoms with Gasteiger partial charge in [0.05, 0.1) is 39.6 Å². The average molecular weight is 1420 g/mol. The Labute approximate surface area is 606 Å². The van der Waals surface area contributed by atoms with Crippen LogP contribution < -0.4 is 13.6 Å². The van der Waals surface area contributed by atoms with Crippen molar-refractivity contribution in [1.82, 2.24) is 0 Å². The molecular weight excluding hydrogens is 1300 g/mol. The minimum atomic E-state index is -4.59. The van der Waals surface area contributed by atoms with Crippen LogP contribution in [0.5, 0.6) is 17.2 Å². The molecule has 3 aromatic carbocycles. The summed E-state index contributed by atoms with van der Waals surface area (Å²) in [5, 5.41) is 0. The number of phosphoric acid groups is 1. The Morgan fingerprint density at radius 1 is 0.248 bits per heavy atom. The van der Waals surface area contributed by atoms with Gasteiger partial charge < -0.3 is 42.0 Å². The zero-order valence-corrected chi connectivity index (χ0v) is 62.2. The van der Waals surface area contributed by atoms with E-state index < -0.39 is 43.6 Å². The van der Waals surface area contributed by atoms with E-state index in [4.69, 9.17) is 42.0 Å². The summed E-state index contributed by atoms with van der Waals surface area (Å²) < 4.78 is 68.3. The van der Waals surface area contributed by atoms with Crippen molar-refractivity contribution in [3.05, 3.63) is 164 Å². The third-order valence-electron chi connectivity index (χ3n) is 17.6. The molecule has 0 aliphatic carbocycles. The molecule has 0 aliphatic heterocycles. The number of carbonyl (C=O) groups excluding carboxylic acids is 6. The Bertz CT molecular complexity index is 2640. The molecule has 0 spiro atoms. The van der Waals surface area contributed by atoms with E-state index in [9.17, 15) is 28.8 Å². The van der Waals surface area contributed by atoms with Crippen LogP contribution in [0.25, 0.3) is 0 Å². The minimum Gasteiger partial charge on any atom is -0.463 e. The van der Waals surface area contributed by atoms with Crippen LogP contribution in [0, 0.1) is 0 Å². The van der Waals surface area contributed by atoms with Gasteiger partial charge in [-0.2, -0.15) is 4.57 Å². The fourth-order valence-electron chi connectivity index (χ4n) is 11.8. The molecule has 0 saturated carbocycles. The lowest BCUT2D eigenvalue weighted by molar-refractivity contribution is -0.138. The first kappa shape index (κ1) is 87.8. The summed E-state index contributed by atoms with van der Waals surface area (Å²) in [4.78, 5) is 69.4. The first-order valence-corrected chi connectivity index (χ1v) is 39.5. The lowest BCUT2D eigenvalue weighted by Gasteiger charge is -2.24. The van der Waals surface area contributed by atoms with E-state index in [-0.39, 0.29) is 0 Å². The molecule has 0 amide bonds. The Hall–Kier alpha value is -7.45. The van der Waals surface area contributed by atoms with Crippen molar-refractivity contribution in [3.63, 3.8) is 0 Å². The first-order chi connectivity index (χ1) is 49.2. The fraction of sp³-hybridized carbons (Fsp3) is 0.571. The third-order valence-corrected chi connectivity index (χ3v) is 18.8. The molecule has 0 saturated heterocycles. The second-order valence-corrected chi connectivity index (χ2v) is 27.4. The van der Waals surface area contributed by atoms with Gasteiger partial charge in [0.15, 0.2) is 0 Å². The number of phosphoric ester groups is 1. The molecule has 0 heterocycles. The molecule has 3 aromatic rings. The third kappa shape index (κ3) is 44.5. The van der Waals surface area contributed by atoms with Crippen LogP contribution >= 0.6 is 7.82 Å². The predicted octanol–water partition coefficient (Wildman–Crippen LogP) is 21.0. The molecule has 16 nitrogen and oxygen atoms in total. The summed E-state index contributed by atoms with van der Waals surface area (Å²) in [6, 6.07) is 18.6. The van der Waals surface area contributed by atoms with Crippen molar-refractivity contribution in [3.8, 4) is 17.2 Å². The lowest BCUT2D eigenvalue weighted by Crippen LogP contribution is -2.11. The molecule has 0 atom stereocenters. The summed E-state index contributed by atoms with van der Waals surface area (Å²) in [6.07, 6.45) is 46.2. The summed E-state index contributed by atoms with van der Waals surface area (Å²) >= 11 is 0. The van der Waals surface area contributed by atoms with Crippen molar-refractivity contribution in [2.45, 2.75) is 270 Å². The van der Waals surface area contributed by atoms with Gasteiger partial charge in [0.2, 0.25) is 0 Å². The summed E-state index contributed by atoms with van der Waals surface area (Å²) in [5.41, 5.74) is 6.27. The van der Waals surface area contributed by atoms with E-state index in [0.29, 0.717) is 76.2 Å². The highest BCUT2D eigenvalue weighted by Crippen LogP contribution is 2.52. The van der Waals surface area contributed by atoms with Crippen molar-refractivity contribution < 1.29 is 75.3 Å². The lowest BCUT2D eigenvalue weighted by atomic mass is 9.99. The molecule has 0 fully saturated rings. The molecule has 0 bridgehead atoms. The SMILES string of the molecule is C=CC(=O)OCCCCCCCCc1ccc(OP(=O)(Oc2ccc(CCCCCCCCOC(=O)C=C)cc2CCCCCCCCOC(=O)C=C)Oc2ccc(CCCCCCCCOC(=O)C=C)cc2CCCCCCCCOC(=O)C=C)c(CCCCCCCCOC(=O)C=C)c1. The Morgan fingerprint density at radius 2 is 0.416 bits per heavy atom. The number of hydrogen-bond donors (Lipinski definition) is 0. The first-order valence-electron chi connectivity index (χ1n) is 38.0. The molecule has 0 aliphatic rings. The Morgan fingerprint density at radius 3 is 0.604 bits per heavy atom. The Kier molecular flexibility index (Phi) is 50.5. The molecule has 3 rings (SSSR count). The molecule has 560 valence electrons. The number of unbranched alkanes of at least 4 members (excludes halogenated alkanes) is 30. The van der Waals surface area contributed by atoms with Gasteiger partial charge in [-0.3, -0.25) is 0 Å². The fourth-order valence-corrected chi connectivity index (χ4v) is 13.2. The number of ether oxygens (including phenoxy) is 6. The van der Waals surface area contributed by atoms with Crippen LogP contribution in [0.4, 0.5) is 0 Å². The van der Waals surface area contributed by atoms with Crippen LogP contribution in [0.2, 0.25) is 0 Å². The van der Waals surface area contributed by atoms with E-state index in [0.717, 1.165) is 284 Å². The maximum absolute atomic E-state index is 16.4. The average Bonchev–Trinajstić information content (AvgIpc) is 0.798. The maximum Gasteiger partial charge on any atom is 0.647 e. The summed E-state index contributed by atoms with van der Waals surface area (Å²) in [7, 11) is -4.59. The van der Waals surface area contributed by atoms with Crippen LogP contribution in [0.1, 0.15) is 265 Å². The minimum absolute atomic E-state index is 0.369. The smallest absolute Gasteiger partial charge is 0.463 e. The second-order valence-electron chi connectivity index (χ2n) is 26.0. The highest BCUT2D eigenvalue weighted by molar-refractivity contribution is 7.49. The van der Waals surface area contributed by atoms with Gasteiger partial charge in [-0.05, 0) is 167 Å². The number of benzene rings is 3. The van der Waals surface area contributed by atoms with Gasteiger partial charge in [0.25, 0.3) is 0 Å². The van der Waals surface area contributed by atoms with Gasteiger partial charge in [-0.25, -0.2) is 28.8 Å². The highest BCUT2D eigenvalue weighted by Gasteiger charge is 2.36. The number of aryl methyl sites for hydroxylation is 6. The van der Waals surface area contributed by atoms with Crippen LogP contribution in [-0.4, -0.2) is 75.5 Å². The number of rotatable bonds is 66. The molecule has 0 N–H and O–H groups in total. The summed E-state index contributed by atoms with van der Waals surface area (Å²) in [6.45, 7) is 23.2.